The molecular formula is C13H17Cl2N3O. The summed E-state index contributed by atoms with van der Waals surface area (Å²) in [5, 5.41) is 2.88. The molecule has 1 aromatic rings. The second-order valence-corrected chi connectivity index (χ2v) is 6.76. The van der Waals surface area contributed by atoms with Crippen molar-refractivity contribution in [3.05, 3.63) is 23.9 Å². The molecule has 0 spiro atoms. The molecular weight excluding hydrogens is 285 g/mol. The molecule has 1 saturated carbocycles. The smallest absolute Gasteiger partial charge is 0.229 e. The van der Waals surface area contributed by atoms with Crippen LogP contribution in [0.2, 0.25) is 0 Å². The normalized spacial score (nSPS) is 23.8. The molecule has 0 radical (unpaired) electrons. The third-order valence-electron chi connectivity index (χ3n) is 3.49. The highest BCUT2D eigenvalue weighted by Crippen LogP contribution is 2.63. The van der Waals surface area contributed by atoms with Crippen LogP contribution in [0.25, 0.3) is 0 Å². The summed E-state index contributed by atoms with van der Waals surface area (Å²) in [4.78, 5) is 18.3. The van der Waals surface area contributed by atoms with Crippen LogP contribution in [0.1, 0.15) is 18.9 Å². The molecule has 6 heteroatoms. The fourth-order valence-electron chi connectivity index (χ4n) is 1.99. The molecule has 1 aromatic heterocycles. The Labute approximate surface area is 123 Å². The lowest BCUT2D eigenvalue weighted by Crippen LogP contribution is -2.33. The number of carbonyl (C=O) groups is 1. The van der Waals surface area contributed by atoms with E-state index in [2.05, 4.69) is 10.3 Å². The van der Waals surface area contributed by atoms with E-state index >= 15 is 0 Å². The second-order valence-electron chi connectivity index (χ2n) is 5.28. The number of amides is 1. The van der Waals surface area contributed by atoms with Gasteiger partial charge in [-0.2, -0.15) is 0 Å². The van der Waals surface area contributed by atoms with Crippen molar-refractivity contribution < 1.29 is 4.79 Å². The number of hydrogen-bond acceptors (Lipinski definition) is 3. The first kappa shape index (κ1) is 14.4. The molecule has 0 saturated heterocycles. The van der Waals surface area contributed by atoms with E-state index in [0.717, 1.165) is 11.4 Å². The standard InChI is InChI=1S/C13H17Cl2N3O/c1-12(8-13(12,14)15)11(19)17-7-9-5-4-6-16-10(9)18(2)3/h4-6H,7-8H2,1-3H3,(H,17,19)/t12-/m0/s1. The highest BCUT2D eigenvalue weighted by atomic mass is 35.5. The van der Waals surface area contributed by atoms with Gasteiger partial charge < -0.3 is 10.2 Å². The third kappa shape index (κ3) is 2.65. The molecule has 2 rings (SSSR count). The zero-order valence-electron chi connectivity index (χ0n) is 11.2. The molecule has 19 heavy (non-hydrogen) atoms. The van der Waals surface area contributed by atoms with Gasteiger partial charge in [0, 0.05) is 32.4 Å². The van der Waals surface area contributed by atoms with Gasteiger partial charge >= 0.3 is 0 Å². The Hall–Kier alpha value is -1.000. The van der Waals surface area contributed by atoms with Crippen LogP contribution in [-0.4, -0.2) is 29.3 Å². The summed E-state index contributed by atoms with van der Waals surface area (Å²) in [7, 11) is 3.83. The number of rotatable bonds is 4. The summed E-state index contributed by atoms with van der Waals surface area (Å²) in [6.07, 6.45) is 2.22. The van der Waals surface area contributed by atoms with Crippen molar-refractivity contribution in [2.24, 2.45) is 5.41 Å². The van der Waals surface area contributed by atoms with Gasteiger partial charge in [0.05, 0.1) is 5.41 Å². The van der Waals surface area contributed by atoms with Crippen molar-refractivity contribution in [2.45, 2.75) is 24.2 Å². The number of carbonyl (C=O) groups excluding carboxylic acids is 1. The van der Waals surface area contributed by atoms with Gasteiger partial charge in [-0.1, -0.05) is 6.07 Å². The Bertz CT molecular complexity index is 504. The average molecular weight is 302 g/mol. The zero-order valence-corrected chi connectivity index (χ0v) is 12.7. The molecule has 1 atom stereocenters. The number of nitrogens with one attached hydrogen (secondary N) is 1. The molecule has 104 valence electrons. The summed E-state index contributed by atoms with van der Waals surface area (Å²) in [6.45, 7) is 2.19. The number of alkyl halides is 2. The lowest BCUT2D eigenvalue weighted by molar-refractivity contribution is -0.125. The number of anilines is 1. The van der Waals surface area contributed by atoms with E-state index in [9.17, 15) is 4.79 Å². The van der Waals surface area contributed by atoms with Crippen LogP contribution in [0.5, 0.6) is 0 Å². The predicted molar refractivity (Wildman–Crippen MR) is 77.6 cm³/mol. The van der Waals surface area contributed by atoms with Gasteiger partial charge in [-0.3, -0.25) is 4.79 Å². The fraction of sp³-hybridized carbons (Fsp3) is 0.538. The van der Waals surface area contributed by atoms with Gasteiger partial charge in [0.25, 0.3) is 0 Å². The highest BCUT2D eigenvalue weighted by Gasteiger charge is 2.67. The molecule has 0 unspecified atom stereocenters. The SMILES string of the molecule is CN(C)c1ncccc1CNC(=O)[C@]1(C)CC1(Cl)Cl. The van der Waals surface area contributed by atoms with Gasteiger partial charge in [-0.15, -0.1) is 23.2 Å². The fourth-order valence-corrected chi connectivity index (χ4v) is 2.69. The van der Waals surface area contributed by atoms with Crippen molar-refractivity contribution in [1.29, 1.82) is 0 Å². The minimum Gasteiger partial charge on any atom is -0.362 e. The lowest BCUT2D eigenvalue weighted by atomic mass is 10.1. The maximum Gasteiger partial charge on any atom is 0.229 e. The average Bonchev–Trinajstić information content (AvgIpc) is 2.87. The van der Waals surface area contributed by atoms with E-state index in [0.29, 0.717) is 13.0 Å². The quantitative estimate of drug-likeness (QED) is 0.868. The number of halogens is 2. The van der Waals surface area contributed by atoms with E-state index in [4.69, 9.17) is 23.2 Å². The Kier molecular flexibility index (Phi) is 3.67. The molecule has 0 aromatic carbocycles. The molecule has 1 heterocycles. The van der Waals surface area contributed by atoms with Crippen molar-refractivity contribution >= 4 is 34.9 Å². The molecule has 1 fully saturated rings. The predicted octanol–water partition coefficient (Wildman–Crippen LogP) is 2.35. The Morgan fingerprint density at radius 2 is 2.16 bits per heavy atom. The first-order valence-corrected chi connectivity index (χ1v) is 6.81. The molecule has 1 amide bonds. The summed E-state index contributed by atoms with van der Waals surface area (Å²) < 4.78 is -0.934. The van der Waals surface area contributed by atoms with Crippen LogP contribution >= 0.6 is 23.2 Å². The number of nitrogens with zero attached hydrogens (tertiary/aromatic N) is 2. The molecule has 0 aliphatic heterocycles. The van der Waals surface area contributed by atoms with E-state index in [1.54, 1.807) is 13.1 Å². The number of pyridine rings is 1. The minimum atomic E-state index is -0.934. The van der Waals surface area contributed by atoms with Crippen molar-refractivity contribution in [3.8, 4) is 0 Å². The molecule has 1 N–H and O–H groups in total. The maximum atomic E-state index is 12.1. The molecule has 1 aliphatic carbocycles. The molecule has 1 aliphatic rings. The van der Waals surface area contributed by atoms with Crippen LogP contribution in [0.15, 0.2) is 18.3 Å². The van der Waals surface area contributed by atoms with Gasteiger partial charge in [-0.25, -0.2) is 4.98 Å². The molecule has 4 nitrogen and oxygen atoms in total. The van der Waals surface area contributed by atoms with Crippen molar-refractivity contribution in [1.82, 2.24) is 10.3 Å². The van der Waals surface area contributed by atoms with Crippen LogP contribution in [0.4, 0.5) is 5.82 Å². The van der Waals surface area contributed by atoms with Gasteiger partial charge in [0.2, 0.25) is 5.91 Å². The summed E-state index contributed by atoms with van der Waals surface area (Å²) >= 11 is 12.0. The minimum absolute atomic E-state index is 0.119. The third-order valence-corrected chi connectivity index (χ3v) is 4.59. The van der Waals surface area contributed by atoms with E-state index in [-0.39, 0.29) is 5.91 Å². The van der Waals surface area contributed by atoms with E-state index in [1.165, 1.54) is 0 Å². The number of hydrogen-bond donors (Lipinski definition) is 1. The monoisotopic (exact) mass is 301 g/mol. The summed E-state index contributed by atoms with van der Waals surface area (Å²) in [5.74, 6) is 0.720. The first-order valence-electron chi connectivity index (χ1n) is 6.05. The second kappa shape index (κ2) is 4.84. The molecule has 0 bridgehead atoms. The van der Waals surface area contributed by atoms with Crippen molar-refractivity contribution in [2.75, 3.05) is 19.0 Å². The Balaban J connectivity index is 2.02. The lowest BCUT2D eigenvalue weighted by Gasteiger charge is -2.17. The van der Waals surface area contributed by atoms with Gasteiger partial charge in [0.15, 0.2) is 0 Å². The first-order chi connectivity index (χ1) is 8.78. The van der Waals surface area contributed by atoms with E-state index in [1.807, 2.05) is 31.1 Å². The Morgan fingerprint density at radius 3 is 2.68 bits per heavy atom. The number of aromatic nitrogens is 1. The van der Waals surface area contributed by atoms with Crippen LogP contribution in [0, 0.1) is 5.41 Å². The Morgan fingerprint density at radius 1 is 1.53 bits per heavy atom. The zero-order chi connectivity index (χ0) is 14.3. The van der Waals surface area contributed by atoms with Crippen LogP contribution < -0.4 is 10.2 Å². The van der Waals surface area contributed by atoms with Crippen LogP contribution in [0.3, 0.4) is 0 Å². The van der Waals surface area contributed by atoms with E-state index < -0.39 is 9.75 Å². The topological polar surface area (TPSA) is 45.2 Å². The maximum absolute atomic E-state index is 12.1. The van der Waals surface area contributed by atoms with Gasteiger partial charge in [-0.05, 0) is 19.4 Å². The van der Waals surface area contributed by atoms with Crippen molar-refractivity contribution in [3.63, 3.8) is 0 Å². The van der Waals surface area contributed by atoms with Gasteiger partial charge in [0.1, 0.15) is 10.2 Å². The summed E-state index contributed by atoms with van der Waals surface area (Å²) in [5.41, 5.74) is 0.274. The highest BCUT2D eigenvalue weighted by molar-refractivity contribution is 6.53. The summed E-state index contributed by atoms with van der Waals surface area (Å²) in [6, 6.07) is 3.78. The van der Waals surface area contributed by atoms with Crippen LogP contribution in [-0.2, 0) is 11.3 Å². The largest absolute Gasteiger partial charge is 0.362 e.